The molecule has 0 radical (unpaired) electrons. The van der Waals surface area contributed by atoms with E-state index in [1.807, 2.05) is 48.5 Å². The van der Waals surface area contributed by atoms with Crippen LogP contribution in [0.5, 0.6) is 0 Å². The van der Waals surface area contributed by atoms with Crippen molar-refractivity contribution in [2.75, 3.05) is 44.6 Å². The molecule has 36 heavy (non-hydrogen) atoms. The molecule has 2 amide bonds. The Bertz CT molecular complexity index is 1090. The first-order valence-corrected chi connectivity index (χ1v) is 14.1. The molecule has 3 aliphatic rings. The molecule has 1 aliphatic carbocycles. The zero-order chi connectivity index (χ0) is 24.7. The number of benzene rings is 2. The largest absolute Gasteiger partial charge is 0.352 e. The van der Waals surface area contributed by atoms with Gasteiger partial charge in [-0.15, -0.1) is 0 Å². The van der Waals surface area contributed by atoms with Gasteiger partial charge in [0.05, 0.1) is 10.6 Å². The normalized spacial score (nSPS) is 20.7. The molecule has 0 bridgehead atoms. The molecule has 2 aromatic carbocycles. The van der Waals surface area contributed by atoms with Gasteiger partial charge >= 0.3 is 0 Å². The van der Waals surface area contributed by atoms with Gasteiger partial charge in [-0.2, -0.15) is 0 Å². The fourth-order valence-electron chi connectivity index (χ4n) is 5.41. The number of nitrogens with zero attached hydrogens (tertiary/aromatic N) is 2. The molecule has 2 heterocycles. The van der Waals surface area contributed by atoms with Gasteiger partial charge in [0.1, 0.15) is 0 Å². The summed E-state index contributed by atoms with van der Waals surface area (Å²) in [5.74, 6) is -0.234. The van der Waals surface area contributed by atoms with Crippen LogP contribution in [0.2, 0.25) is 0 Å². The summed E-state index contributed by atoms with van der Waals surface area (Å²) in [5.41, 5.74) is 2.26. The van der Waals surface area contributed by atoms with Crippen LogP contribution in [0, 0.1) is 0 Å². The molecule has 0 spiro atoms. The Balaban J connectivity index is 1.06. The third-order valence-electron chi connectivity index (χ3n) is 7.47. The van der Waals surface area contributed by atoms with E-state index >= 15 is 0 Å². The number of thioether (sulfide) groups is 1. The molecular formula is C29H36N4O2S. The lowest BCUT2D eigenvalue weighted by molar-refractivity contribution is -0.112. The number of nitrogens with one attached hydrogen (secondary N) is 2. The van der Waals surface area contributed by atoms with Crippen molar-refractivity contribution in [3.63, 3.8) is 0 Å². The van der Waals surface area contributed by atoms with Gasteiger partial charge in [0.2, 0.25) is 0 Å². The van der Waals surface area contributed by atoms with Crippen LogP contribution in [0.4, 0.5) is 5.69 Å². The zero-order valence-electron chi connectivity index (χ0n) is 20.9. The minimum atomic E-state index is -0.141. The van der Waals surface area contributed by atoms with Crippen molar-refractivity contribution in [2.24, 2.45) is 0 Å². The molecule has 2 aliphatic heterocycles. The summed E-state index contributed by atoms with van der Waals surface area (Å²) >= 11 is 1.44. The first-order chi connectivity index (χ1) is 17.7. The van der Waals surface area contributed by atoms with Crippen LogP contribution in [0.3, 0.4) is 0 Å². The first kappa shape index (κ1) is 25.1. The highest BCUT2D eigenvalue weighted by Crippen LogP contribution is 2.39. The Labute approximate surface area is 218 Å². The summed E-state index contributed by atoms with van der Waals surface area (Å²) in [6.07, 6.45) is 9.79. The summed E-state index contributed by atoms with van der Waals surface area (Å²) < 4.78 is 0. The van der Waals surface area contributed by atoms with E-state index < -0.39 is 0 Å². The molecule has 0 unspecified atom stereocenters. The van der Waals surface area contributed by atoms with E-state index in [9.17, 15) is 9.59 Å². The zero-order valence-corrected chi connectivity index (χ0v) is 21.7. The van der Waals surface area contributed by atoms with Crippen molar-refractivity contribution >= 4 is 35.3 Å². The second-order valence-electron chi connectivity index (χ2n) is 9.97. The van der Waals surface area contributed by atoms with Crippen molar-refractivity contribution in [2.45, 2.75) is 49.5 Å². The second kappa shape index (κ2) is 12.1. The van der Waals surface area contributed by atoms with Gasteiger partial charge in [-0.3, -0.25) is 14.5 Å². The van der Waals surface area contributed by atoms with Gasteiger partial charge in [0.15, 0.2) is 0 Å². The van der Waals surface area contributed by atoms with Gasteiger partial charge in [0.25, 0.3) is 11.8 Å². The topological polar surface area (TPSA) is 64.7 Å². The highest BCUT2D eigenvalue weighted by atomic mass is 32.2. The van der Waals surface area contributed by atoms with Crippen LogP contribution in [-0.4, -0.2) is 66.9 Å². The predicted molar refractivity (Wildman–Crippen MR) is 147 cm³/mol. The number of carbonyl (C=O) groups excluding carboxylic acids is 2. The maximum absolute atomic E-state index is 12.7. The van der Waals surface area contributed by atoms with Gasteiger partial charge in [0, 0.05) is 49.2 Å². The van der Waals surface area contributed by atoms with E-state index in [2.05, 4.69) is 20.4 Å². The fourth-order valence-corrected chi connectivity index (χ4v) is 6.34. The molecule has 2 fully saturated rings. The molecule has 5 rings (SSSR count). The van der Waals surface area contributed by atoms with Crippen molar-refractivity contribution < 1.29 is 9.59 Å². The van der Waals surface area contributed by atoms with Gasteiger partial charge < -0.3 is 15.5 Å². The lowest BCUT2D eigenvalue weighted by Gasteiger charge is -2.40. The average molecular weight is 505 g/mol. The van der Waals surface area contributed by atoms with Crippen LogP contribution in [0.1, 0.15) is 54.4 Å². The lowest BCUT2D eigenvalue weighted by atomic mass is 9.94. The maximum Gasteiger partial charge on any atom is 0.262 e. The van der Waals surface area contributed by atoms with Crippen molar-refractivity contribution in [1.82, 2.24) is 15.1 Å². The van der Waals surface area contributed by atoms with Gasteiger partial charge in [-0.05, 0) is 55.6 Å². The van der Waals surface area contributed by atoms with E-state index in [4.69, 9.17) is 0 Å². The molecule has 190 valence electrons. The molecule has 0 aromatic heterocycles. The van der Waals surface area contributed by atoms with Crippen LogP contribution >= 0.6 is 11.8 Å². The average Bonchev–Trinajstić information content (AvgIpc) is 2.92. The number of carbonyl (C=O) groups is 2. The molecule has 6 nitrogen and oxygen atoms in total. The third-order valence-corrected chi connectivity index (χ3v) is 8.56. The number of hydrogen-bond donors (Lipinski definition) is 2. The SMILES string of the molecule is O=C1Nc2cc(C(=O)NCCCN3CCN(C4CCCCC4)CC3)ccc2S/C1=C\c1ccccc1. The fraction of sp³-hybridized carbons (Fsp3) is 0.448. The number of rotatable bonds is 7. The predicted octanol–water partition coefficient (Wildman–Crippen LogP) is 4.84. The summed E-state index contributed by atoms with van der Waals surface area (Å²) in [6.45, 7) is 6.30. The molecular weight excluding hydrogens is 468 g/mol. The van der Waals surface area contributed by atoms with E-state index in [-0.39, 0.29) is 11.8 Å². The Hall–Kier alpha value is -2.61. The highest BCUT2D eigenvalue weighted by Gasteiger charge is 2.25. The molecule has 0 atom stereocenters. The van der Waals surface area contributed by atoms with Crippen molar-refractivity contribution in [3.05, 3.63) is 64.6 Å². The van der Waals surface area contributed by atoms with Crippen molar-refractivity contribution in [3.8, 4) is 0 Å². The maximum atomic E-state index is 12.7. The Morgan fingerprint density at radius 3 is 2.58 bits per heavy atom. The monoisotopic (exact) mass is 504 g/mol. The Kier molecular flexibility index (Phi) is 8.41. The number of amides is 2. The Morgan fingerprint density at radius 2 is 1.81 bits per heavy atom. The van der Waals surface area contributed by atoms with Gasteiger partial charge in [-0.1, -0.05) is 61.4 Å². The summed E-state index contributed by atoms with van der Waals surface area (Å²) in [6, 6.07) is 16.1. The van der Waals surface area contributed by atoms with Crippen LogP contribution < -0.4 is 10.6 Å². The minimum absolute atomic E-state index is 0.0928. The molecule has 2 aromatic rings. The summed E-state index contributed by atoms with van der Waals surface area (Å²) in [7, 11) is 0. The smallest absolute Gasteiger partial charge is 0.262 e. The summed E-state index contributed by atoms with van der Waals surface area (Å²) in [5, 5.41) is 6.00. The third kappa shape index (κ3) is 6.38. The number of anilines is 1. The van der Waals surface area contributed by atoms with E-state index in [0.29, 0.717) is 22.7 Å². The number of fused-ring (bicyclic) bond motifs is 1. The first-order valence-electron chi connectivity index (χ1n) is 13.3. The number of hydrogen-bond acceptors (Lipinski definition) is 5. The van der Waals surface area contributed by atoms with Crippen LogP contribution in [0.15, 0.2) is 58.3 Å². The standard InChI is InChI=1S/C29H36N4O2S/c34-28(30-14-7-15-32-16-18-33(19-17-32)24-10-5-2-6-11-24)23-12-13-26-25(21-23)31-29(35)27(36-26)20-22-8-3-1-4-9-22/h1,3-4,8-9,12-13,20-21,24H,2,5-7,10-11,14-19H2,(H,30,34)(H,31,35)/b27-20-. The quantitative estimate of drug-likeness (QED) is 0.417. The van der Waals surface area contributed by atoms with Crippen molar-refractivity contribution in [1.29, 1.82) is 0 Å². The molecule has 1 saturated heterocycles. The van der Waals surface area contributed by atoms with E-state index in [0.717, 1.165) is 42.6 Å². The molecule has 1 saturated carbocycles. The Morgan fingerprint density at radius 1 is 1.03 bits per heavy atom. The lowest BCUT2D eigenvalue weighted by Crippen LogP contribution is -2.51. The number of piperazine rings is 1. The molecule has 2 N–H and O–H groups in total. The van der Waals surface area contributed by atoms with Gasteiger partial charge in [-0.25, -0.2) is 0 Å². The minimum Gasteiger partial charge on any atom is -0.352 e. The molecule has 7 heteroatoms. The van der Waals surface area contributed by atoms with E-state index in [1.165, 1.54) is 57.0 Å². The van der Waals surface area contributed by atoms with Crippen LogP contribution in [0.25, 0.3) is 6.08 Å². The highest BCUT2D eigenvalue weighted by molar-refractivity contribution is 8.04. The van der Waals surface area contributed by atoms with Crippen LogP contribution in [-0.2, 0) is 4.79 Å². The summed E-state index contributed by atoms with van der Waals surface area (Å²) in [4.78, 5) is 32.1. The second-order valence-corrected chi connectivity index (χ2v) is 11.0. The van der Waals surface area contributed by atoms with E-state index in [1.54, 1.807) is 6.07 Å².